The highest BCUT2D eigenvalue weighted by atomic mass is 16.5. The second-order valence-electron chi connectivity index (χ2n) is 4.13. The highest BCUT2D eigenvalue weighted by Gasteiger charge is 2.27. The first kappa shape index (κ1) is 12.5. The van der Waals surface area contributed by atoms with Crippen LogP contribution < -0.4 is 11.1 Å². The Morgan fingerprint density at radius 1 is 1.60 bits per heavy atom. The summed E-state index contributed by atoms with van der Waals surface area (Å²) in [7, 11) is 0. The van der Waals surface area contributed by atoms with Crippen LogP contribution in [-0.4, -0.2) is 31.2 Å². The summed E-state index contributed by atoms with van der Waals surface area (Å²) in [5.41, 5.74) is 5.63. The summed E-state index contributed by atoms with van der Waals surface area (Å²) in [6, 6.07) is -0.368. The van der Waals surface area contributed by atoms with Crippen LogP contribution in [0.5, 0.6) is 0 Å². The first-order chi connectivity index (χ1) is 7.19. The molecule has 0 aromatic rings. The van der Waals surface area contributed by atoms with Crippen molar-refractivity contribution in [3.63, 3.8) is 0 Å². The molecule has 1 fully saturated rings. The van der Waals surface area contributed by atoms with Gasteiger partial charge in [-0.1, -0.05) is 13.8 Å². The normalized spacial score (nSPS) is 27.7. The molecule has 3 N–H and O–H groups in total. The number of carbonyl (C=O) groups excluding carboxylic acids is 1. The van der Waals surface area contributed by atoms with E-state index < -0.39 is 0 Å². The van der Waals surface area contributed by atoms with Crippen molar-refractivity contribution in [1.82, 2.24) is 5.32 Å². The van der Waals surface area contributed by atoms with Crippen LogP contribution in [-0.2, 0) is 9.53 Å². The van der Waals surface area contributed by atoms with Gasteiger partial charge in [0.1, 0.15) is 0 Å². The van der Waals surface area contributed by atoms with Gasteiger partial charge in [0.05, 0.1) is 12.1 Å². The second-order valence-corrected chi connectivity index (χ2v) is 4.13. The van der Waals surface area contributed by atoms with Crippen LogP contribution in [0, 0.1) is 5.92 Å². The lowest BCUT2D eigenvalue weighted by Crippen LogP contribution is -2.42. The Kier molecular flexibility index (Phi) is 5.05. The maximum absolute atomic E-state index is 11.4. The predicted molar refractivity (Wildman–Crippen MR) is 59.4 cm³/mol. The van der Waals surface area contributed by atoms with Crippen LogP contribution in [0.3, 0.4) is 0 Å². The molecule has 4 nitrogen and oxygen atoms in total. The van der Waals surface area contributed by atoms with Crippen molar-refractivity contribution >= 4 is 5.91 Å². The van der Waals surface area contributed by atoms with Gasteiger partial charge in [0.15, 0.2) is 0 Å². The van der Waals surface area contributed by atoms with Crippen molar-refractivity contribution in [3.8, 4) is 0 Å². The van der Waals surface area contributed by atoms with E-state index in [1.807, 2.05) is 6.92 Å². The molecule has 88 valence electrons. The Bertz CT molecular complexity index is 209. The zero-order valence-corrected chi connectivity index (χ0v) is 9.66. The van der Waals surface area contributed by atoms with E-state index in [1.54, 1.807) is 0 Å². The number of hydrogen-bond donors (Lipinski definition) is 2. The second kappa shape index (κ2) is 6.08. The number of nitrogens with one attached hydrogen (secondary N) is 1. The highest BCUT2D eigenvalue weighted by molar-refractivity contribution is 5.81. The summed E-state index contributed by atoms with van der Waals surface area (Å²) >= 11 is 0. The van der Waals surface area contributed by atoms with Crippen LogP contribution in [0.25, 0.3) is 0 Å². The average molecular weight is 214 g/mol. The van der Waals surface area contributed by atoms with Crippen LogP contribution in [0.1, 0.15) is 33.1 Å². The fourth-order valence-corrected chi connectivity index (χ4v) is 1.93. The fourth-order valence-electron chi connectivity index (χ4n) is 1.93. The molecule has 0 aromatic heterocycles. The van der Waals surface area contributed by atoms with E-state index in [0.717, 1.165) is 19.4 Å². The van der Waals surface area contributed by atoms with E-state index in [2.05, 4.69) is 12.2 Å². The zero-order valence-electron chi connectivity index (χ0n) is 9.66. The van der Waals surface area contributed by atoms with Gasteiger partial charge in [0, 0.05) is 19.1 Å². The molecule has 1 rings (SSSR count). The Labute approximate surface area is 91.5 Å². The largest absolute Gasteiger partial charge is 0.378 e. The molecule has 0 aliphatic carbocycles. The lowest BCUT2D eigenvalue weighted by Gasteiger charge is -2.18. The molecule has 4 heteroatoms. The fraction of sp³-hybridized carbons (Fsp3) is 0.909. The number of carbonyl (C=O) groups is 1. The van der Waals surface area contributed by atoms with E-state index in [1.165, 1.54) is 0 Å². The number of nitrogens with two attached hydrogens (primary N) is 1. The molecule has 0 spiro atoms. The van der Waals surface area contributed by atoms with Crippen molar-refractivity contribution in [2.24, 2.45) is 11.7 Å². The standard InChI is InChI=1S/C11H22N2O2/c1-3-9(12)11(14)13-7-8-5-6-15-10(8)4-2/h8-10H,3-7,12H2,1-2H3,(H,13,14)/t8?,9-,10?/m1/s1. The molecule has 1 amide bonds. The summed E-state index contributed by atoms with van der Waals surface area (Å²) in [6.07, 6.45) is 3.05. The van der Waals surface area contributed by atoms with E-state index in [9.17, 15) is 4.79 Å². The van der Waals surface area contributed by atoms with Gasteiger partial charge < -0.3 is 15.8 Å². The van der Waals surface area contributed by atoms with E-state index in [-0.39, 0.29) is 11.9 Å². The molecule has 15 heavy (non-hydrogen) atoms. The van der Waals surface area contributed by atoms with E-state index >= 15 is 0 Å². The molecule has 0 radical (unpaired) electrons. The summed E-state index contributed by atoms with van der Waals surface area (Å²) < 4.78 is 5.55. The third-order valence-electron chi connectivity index (χ3n) is 3.06. The van der Waals surface area contributed by atoms with Crippen molar-refractivity contribution in [2.45, 2.75) is 45.3 Å². The minimum atomic E-state index is -0.368. The number of amides is 1. The number of hydrogen-bond acceptors (Lipinski definition) is 3. The SMILES string of the molecule is CCC1OCCC1CNC(=O)[C@H](N)CC. The van der Waals surface area contributed by atoms with Crippen molar-refractivity contribution in [1.29, 1.82) is 0 Å². The average Bonchev–Trinajstić information content (AvgIpc) is 2.71. The summed E-state index contributed by atoms with van der Waals surface area (Å²) in [5, 5.41) is 2.90. The lowest BCUT2D eigenvalue weighted by molar-refractivity contribution is -0.122. The Morgan fingerprint density at radius 3 is 2.93 bits per heavy atom. The van der Waals surface area contributed by atoms with Crippen LogP contribution in [0.2, 0.25) is 0 Å². The minimum absolute atomic E-state index is 0.0424. The molecule has 1 saturated heterocycles. The summed E-state index contributed by atoms with van der Waals surface area (Å²) in [6.45, 7) is 5.55. The molecule has 1 aliphatic rings. The molecule has 1 aliphatic heterocycles. The third kappa shape index (κ3) is 3.47. The monoisotopic (exact) mass is 214 g/mol. The van der Waals surface area contributed by atoms with Gasteiger partial charge in [-0.05, 0) is 19.3 Å². The molecule has 2 unspecified atom stereocenters. The molecule has 0 bridgehead atoms. The van der Waals surface area contributed by atoms with Crippen molar-refractivity contribution in [2.75, 3.05) is 13.2 Å². The van der Waals surface area contributed by atoms with Gasteiger partial charge >= 0.3 is 0 Å². The van der Waals surface area contributed by atoms with Gasteiger partial charge in [-0.2, -0.15) is 0 Å². The van der Waals surface area contributed by atoms with Crippen LogP contribution in [0.15, 0.2) is 0 Å². The minimum Gasteiger partial charge on any atom is -0.378 e. The smallest absolute Gasteiger partial charge is 0.236 e. The van der Waals surface area contributed by atoms with Crippen molar-refractivity contribution < 1.29 is 9.53 Å². The van der Waals surface area contributed by atoms with E-state index in [4.69, 9.17) is 10.5 Å². The van der Waals surface area contributed by atoms with E-state index in [0.29, 0.717) is 25.0 Å². The number of rotatable bonds is 5. The molecule has 1 heterocycles. The molecule has 0 aromatic carbocycles. The third-order valence-corrected chi connectivity index (χ3v) is 3.06. The van der Waals surface area contributed by atoms with Gasteiger partial charge in [0.25, 0.3) is 0 Å². The number of ether oxygens (including phenoxy) is 1. The van der Waals surface area contributed by atoms with Crippen molar-refractivity contribution in [3.05, 3.63) is 0 Å². The topological polar surface area (TPSA) is 64.3 Å². The van der Waals surface area contributed by atoms with Gasteiger partial charge in [0.2, 0.25) is 5.91 Å². The Morgan fingerprint density at radius 2 is 2.33 bits per heavy atom. The highest BCUT2D eigenvalue weighted by Crippen LogP contribution is 2.22. The molecule has 3 atom stereocenters. The Balaban J connectivity index is 2.27. The maximum atomic E-state index is 11.4. The Hall–Kier alpha value is -0.610. The quantitative estimate of drug-likeness (QED) is 0.706. The predicted octanol–water partition coefficient (Wildman–Crippen LogP) is 0.655. The zero-order chi connectivity index (χ0) is 11.3. The first-order valence-corrected chi connectivity index (χ1v) is 5.83. The lowest BCUT2D eigenvalue weighted by atomic mass is 9.99. The first-order valence-electron chi connectivity index (χ1n) is 5.83. The van der Waals surface area contributed by atoms with Gasteiger partial charge in [-0.15, -0.1) is 0 Å². The molecular weight excluding hydrogens is 192 g/mol. The van der Waals surface area contributed by atoms with Crippen LogP contribution >= 0.6 is 0 Å². The summed E-state index contributed by atoms with van der Waals surface area (Å²) in [5.74, 6) is 0.419. The maximum Gasteiger partial charge on any atom is 0.236 e. The summed E-state index contributed by atoms with van der Waals surface area (Å²) in [4.78, 5) is 11.4. The molecular formula is C11H22N2O2. The van der Waals surface area contributed by atoms with Crippen LogP contribution in [0.4, 0.5) is 0 Å². The molecule has 0 saturated carbocycles. The van der Waals surface area contributed by atoms with Gasteiger partial charge in [-0.25, -0.2) is 0 Å². The van der Waals surface area contributed by atoms with Gasteiger partial charge in [-0.3, -0.25) is 4.79 Å².